The summed E-state index contributed by atoms with van der Waals surface area (Å²) in [4.78, 5) is 38.4. The van der Waals surface area contributed by atoms with E-state index in [4.69, 9.17) is 14.2 Å². The molecule has 0 bridgehead atoms. The molecule has 0 aromatic carbocycles. The van der Waals surface area contributed by atoms with E-state index in [1.54, 1.807) is 0 Å². The first-order valence-corrected chi connectivity index (χ1v) is 33.8. The molecule has 6 nitrogen and oxygen atoms in total. The molecule has 6 heteroatoms. The molecule has 464 valence electrons. The number of esters is 3. The van der Waals surface area contributed by atoms with E-state index in [1.165, 1.54) is 109 Å². The second kappa shape index (κ2) is 68.8. The van der Waals surface area contributed by atoms with Crippen LogP contribution in [0.25, 0.3) is 0 Å². The summed E-state index contributed by atoms with van der Waals surface area (Å²) in [7, 11) is 0. The molecule has 0 aromatic heterocycles. The molecule has 0 rings (SSSR count). The molecule has 0 aliphatic rings. The number of unbranched alkanes of at least 4 members (excludes halogenated alkanes) is 25. The van der Waals surface area contributed by atoms with Gasteiger partial charge in [-0.3, -0.25) is 14.4 Å². The lowest BCUT2D eigenvalue weighted by Crippen LogP contribution is -2.30. The summed E-state index contributed by atoms with van der Waals surface area (Å²) in [5, 5.41) is 0. The third-order valence-corrected chi connectivity index (χ3v) is 14.1. The van der Waals surface area contributed by atoms with Crippen LogP contribution in [0.3, 0.4) is 0 Å². The summed E-state index contributed by atoms with van der Waals surface area (Å²) in [5.74, 6) is -0.980. The minimum atomic E-state index is -0.816. The highest BCUT2D eigenvalue weighted by atomic mass is 16.6. The molecule has 0 N–H and O–H groups in total. The van der Waals surface area contributed by atoms with Crippen LogP contribution in [0.4, 0.5) is 0 Å². The van der Waals surface area contributed by atoms with Crippen LogP contribution in [0.2, 0.25) is 0 Å². The van der Waals surface area contributed by atoms with Gasteiger partial charge in [0.25, 0.3) is 0 Å². The first kappa shape index (κ1) is 77.3. The topological polar surface area (TPSA) is 78.9 Å². The van der Waals surface area contributed by atoms with Crippen LogP contribution >= 0.6 is 0 Å². The summed E-state index contributed by atoms with van der Waals surface area (Å²) in [6, 6.07) is 0. The van der Waals surface area contributed by atoms with Crippen LogP contribution in [0, 0.1) is 0 Å². The first-order valence-electron chi connectivity index (χ1n) is 33.8. The van der Waals surface area contributed by atoms with Gasteiger partial charge in [0.15, 0.2) is 6.10 Å². The van der Waals surface area contributed by atoms with E-state index < -0.39 is 6.10 Å². The zero-order valence-corrected chi connectivity index (χ0v) is 53.2. The fraction of sp³-hybridized carbons (Fsp3) is 0.645. The van der Waals surface area contributed by atoms with Crippen molar-refractivity contribution in [2.75, 3.05) is 13.2 Å². The van der Waals surface area contributed by atoms with E-state index in [-0.39, 0.29) is 37.5 Å². The van der Waals surface area contributed by atoms with Crippen molar-refractivity contribution in [3.8, 4) is 0 Å². The Bertz CT molecular complexity index is 1780. The van der Waals surface area contributed by atoms with Crippen molar-refractivity contribution < 1.29 is 28.6 Å². The van der Waals surface area contributed by atoms with Crippen LogP contribution < -0.4 is 0 Å². The van der Waals surface area contributed by atoms with Gasteiger partial charge in [-0.15, -0.1) is 0 Å². The molecular formula is C76H124O6. The SMILES string of the molecule is CC/C=C\C/C=C\C/C=C\C/C=C\C/C=C\C/C=C\C/C=C\CCCCCCCC(=O)OCC(COC(=O)CCC/C=C\C/C=C\C/C=C\C/C=C\C/C=C\CC)OC(=O)CCCCCCCCCCCCCCCCCCCCCC. The lowest BCUT2D eigenvalue weighted by molar-refractivity contribution is -0.167. The van der Waals surface area contributed by atoms with Crippen molar-refractivity contribution in [1.29, 1.82) is 0 Å². The number of carbonyl (C=O) groups is 3. The Morgan fingerprint density at radius 3 is 0.793 bits per heavy atom. The number of hydrogen-bond donors (Lipinski definition) is 0. The van der Waals surface area contributed by atoms with E-state index in [9.17, 15) is 14.4 Å². The Labute approximate surface area is 506 Å². The lowest BCUT2D eigenvalue weighted by atomic mass is 10.0. The third-order valence-electron chi connectivity index (χ3n) is 14.1. The maximum absolute atomic E-state index is 12.9. The van der Waals surface area contributed by atoms with Gasteiger partial charge in [-0.25, -0.2) is 0 Å². The summed E-state index contributed by atoms with van der Waals surface area (Å²) in [6.45, 7) is 6.37. The fourth-order valence-corrected chi connectivity index (χ4v) is 9.11. The minimum Gasteiger partial charge on any atom is -0.462 e. The Hall–Kier alpha value is -4.71. The smallest absolute Gasteiger partial charge is 0.306 e. The molecule has 0 aliphatic carbocycles. The van der Waals surface area contributed by atoms with Gasteiger partial charge in [0, 0.05) is 19.3 Å². The maximum Gasteiger partial charge on any atom is 0.306 e. The number of rotatable bonds is 60. The molecule has 0 spiro atoms. The standard InChI is InChI=1S/C76H124O6/c1-4-7-10-13-16-19-22-25-28-31-33-35-36-37-38-39-40-41-43-45-48-51-54-57-60-63-66-69-75(78)81-72-73(71-80-74(77)68-65-62-59-56-53-50-47-44-30-27-24-21-18-15-12-9-6-3)82-76(79)70-67-64-61-58-55-52-49-46-42-34-32-29-26-23-20-17-14-11-8-5-2/h7,9-10,12,16,18-19,21,25,27-28,30,33,35,37-38,40-41,45,47-48,50,56,59,73H,4-6,8,11,13-15,17,20,22-24,26,29,31-32,34,36,39,42-44,46,49,51-55,57-58,60-72H2,1-3H3/b10-7-,12-9-,19-16-,21-18-,28-25-,30-27-,35-33-,38-37-,41-40-,48-45-,50-47-,59-56-. The Morgan fingerprint density at radius 2 is 0.488 bits per heavy atom. The maximum atomic E-state index is 12.9. The van der Waals surface area contributed by atoms with Crippen molar-refractivity contribution in [2.24, 2.45) is 0 Å². The molecule has 0 aliphatic heterocycles. The lowest BCUT2D eigenvalue weighted by Gasteiger charge is -2.18. The predicted octanol–water partition coefficient (Wildman–Crippen LogP) is 23.5. The van der Waals surface area contributed by atoms with E-state index in [1.807, 2.05) is 0 Å². The second-order valence-electron chi connectivity index (χ2n) is 22.0. The van der Waals surface area contributed by atoms with Gasteiger partial charge in [-0.1, -0.05) is 308 Å². The monoisotopic (exact) mass is 1130 g/mol. The number of allylic oxidation sites excluding steroid dienone is 24. The summed E-state index contributed by atoms with van der Waals surface area (Å²) >= 11 is 0. The quantitative estimate of drug-likeness (QED) is 0.0261. The van der Waals surface area contributed by atoms with Crippen molar-refractivity contribution >= 4 is 17.9 Å². The largest absolute Gasteiger partial charge is 0.462 e. The number of carbonyl (C=O) groups excluding carboxylic acids is 3. The highest BCUT2D eigenvalue weighted by molar-refractivity contribution is 5.71. The van der Waals surface area contributed by atoms with Gasteiger partial charge in [0.2, 0.25) is 0 Å². The summed E-state index contributed by atoms with van der Waals surface area (Å²) < 4.78 is 16.9. The van der Waals surface area contributed by atoms with Crippen LogP contribution in [0.5, 0.6) is 0 Å². The van der Waals surface area contributed by atoms with Gasteiger partial charge in [0.05, 0.1) is 0 Å². The molecule has 0 fully saturated rings. The van der Waals surface area contributed by atoms with E-state index in [0.717, 1.165) is 141 Å². The van der Waals surface area contributed by atoms with Gasteiger partial charge in [0.1, 0.15) is 13.2 Å². The summed E-state index contributed by atoms with van der Waals surface area (Å²) in [6.07, 6.45) is 98.6. The molecule has 0 radical (unpaired) electrons. The first-order chi connectivity index (χ1) is 40.5. The fourth-order valence-electron chi connectivity index (χ4n) is 9.11. The summed E-state index contributed by atoms with van der Waals surface area (Å²) in [5.41, 5.74) is 0. The van der Waals surface area contributed by atoms with E-state index in [2.05, 4.69) is 167 Å². The minimum absolute atomic E-state index is 0.109. The molecular weight excluding hydrogens is 1010 g/mol. The average molecular weight is 1130 g/mol. The van der Waals surface area contributed by atoms with Crippen LogP contribution in [0.15, 0.2) is 146 Å². The number of ether oxygens (including phenoxy) is 3. The molecule has 0 aromatic rings. The molecule has 0 amide bonds. The second-order valence-corrected chi connectivity index (χ2v) is 22.0. The van der Waals surface area contributed by atoms with E-state index in [0.29, 0.717) is 19.3 Å². The average Bonchev–Trinajstić information content (AvgIpc) is 3.47. The molecule has 1 atom stereocenters. The molecule has 0 saturated carbocycles. The zero-order chi connectivity index (χ0) is 59.2. The van der Waals surface area contributed by atoms with Gasteiger partial charge >= 0.3 is 17.9 Å². The highest BCUT2D eigenvalue weighted by Gasteiger charge is 2.19. The van der Waals surface area contributed by atoms with Crippen molar-refractivity contribution in [3.05, 3.63) is 146 Å². The Morgan fingerprint density at radius 1 is 0.256 bits per heavy atom. The van der Waals surface area contributed by atoms with Crippen molar-refractivity contribution in [3.63, 3.8) is 0 Å². The normalized spacial score (nSPS) is 13.1. The van der Waals surface area contributed by atoms with Crippen LogP contribution in [-0.4, -0.2) is 37.2 Å². The van der Waals surface area contributed by atoms with Crippen molar-refractivity contribution in [2.45, 2.75) is 303 Å². The highest BCUT2D eigenvalue weighted by Crippen LogP contribution is 2.16. The molecule has 0 heterocycles. The van der Waals surface area contributed by atoms with Crippen LogP contribution in [0.1, 0.15) is 297 Å². The Balaban J connectivity index is 4.47. The van der Waals surface area contributed by atoms with Crippen LogP contribution in [-0.2, 0) is 28.6 Å². The molecule has 0 saturated heterocycles. The Kier molecular flexibility index (Phi) is 64.8. The van der Waals surface area contributed by atoms with Gasteiger partial charge < -0.3 is 14.2 Å². The third kappa shape index (κ3) is 66.1. The van der Waals surface area contributed by atoms with E-state index >= 15 is 0 Å². The molecule has 82 heavy (non-hydrogen) atoms. The van der Waals surface area contributed by atoms with Crippen molar-refractivity contribution in [1.82, 2.24) is 0 Å². The zero-order valence-electron chi connectivity index (χ0n) is 53.2. The molecule has 1 unspecified atom stereocenters. The number of hydrogen-bond acceptors (Lipinski definition) is 6. The predicted molar refractivity (Wildman–Crippen MR) is 357 cm³/mol. The van der Waals surface area contributed by atoms with Gasteiger partial charge in [-0.05, 0) is 116 Å². The van der Waals surface area contributed by atoms with Gasteiger partial charge in [-0.2, -0.15) is 0 Å².